The third-order valence-electron chi connectivity index (χ3n) is 3.22. The van der Waals surface area contributed by atoms with Gasteiger partial charge in [0.2, 0.25) is 11.8 Å². The lowest BCUT2D eigenvalue weighted by molar-refractivity contribution is -0.123. The maximum absolute atomic E-state index is 12.0. The van der Waals surface area contributed by atoms with Gasteiger partial charge < -0.3 is 9.84 Å². The van der Waals surface area contributed by atoms with Crippen molar-refractivity contribution in [1.82, 2.24) is 10.5 Å². The van der Waals surface area contributed by atoms with Crippen LogP contribution in [0.25, 0.3) is 0 Å². The molecular weight excluding hydrogens is 318 g/mol. The number of carbonyl (C=O) groups is 2. The fourth-order valence-corrected chi connectivity index (χ4v) is 2.16. The second kappa shape index (κ2) is 7.78. The molecule has 0 atom stereocenters. The zero-order valence-electron chi connectivity index (χ0n) is 13.0. The lowest BCUT2D eigenvalue weighted by Crippen LogP contribution is -2.40. The molecule has 1 N–H and O–H groups in total. The van der Waals surface area contributed by atoms with E-state index in [-0.39, 0.29) is 18.4 Å². The van der Waals surface area contributed by atoms with Gasteiger partial charge in [-0.1, -0.05) is 28.9 Å². The van der Waals surface area contributed by atoms with Crippen LogP contribution in [0.15, 0.2) is 34.9 Å². The lowest BCUT2D eigenvalue weighted by atomic mass is 10.1. The van der Waals surface area contributed by atoms with E-state index in [4.69, 9.17) is 16.1 Å². The normalized spacial score (nSPS) is 10.4. The van der Waals surface area contributed by atoms with Crippen molar-refractivity contribution in [3.63, 3.8) is 0 Å². The Morgan fingerprint density at radius 3 is 2.57 bits per heavy atom. The second-order valence-electron chi connectivity index (χ2n) is 5.13. The van der Waals surface area contributed by atoms with E-state index in [2.05, 4.69) is 10.5 Å². The van der Waals surface area contributed by atoms with Crippen LogP contribution in [0.1, 0.15) is 18.2 Å². The second-order valence-corrected chi connectivity index (χ2v) is 5.56. The molecule has 2 rings (SSSR count). The molecule has 0 saturated heterocycles. The van der Waals surface area contributed by atoms with Gasteiger partial charge in [-0.3, -0.25) is 14.5 Å². The van der Waals surface area contributed by atoms with Gasteiger partial charge in [0.05, 0.1) is 0 Å². The van der Waals surface area contributed by atoms with Crippen LogP contribution in [0.5, 0.6) is 0 Å². The number of aryl methyl sites for hydroxylation is 1. The smallest absolute Gasteiger partial charge is 0.240 e. The fraction of sp³-hybridized carbons (Fsp3) is 0.312. The summed E-state index contributed by atoms with van der Waals surface area (Å²) in [5, 5.41) is 7.23. The number of nitrogens with zero attached hydrogens (tertiary/aromatic N) is 2. The summed E-state index contributed by atoms with van der Waals surface area (Å²) >= 11 is 5.82. The Morgan fingerprint density at radius 1 is 1.30 bits per heavy atom. The summed E-state index contributed by atoms with van der Waals surface area (Å²) < 4.78 is 4.94. The molecule has 0 spiro atoms. The molecule has 0 radical (unpaired) electrons. The summed E-state index contributed by atoms with van der Waals surface area (Å²) in [5.41, 5.74) is 1.07. The molecule has 6 nitrogen and oxygen atoms in total. The highest BCUT2D eigenvalue weighted by Crippen LogP contribution is 2.13. The van der Waals surface area contributed by atoms with Crippen LogP contribution in [-0.4, -0.2) is 30.1 Å². The first-order chi connectivity index (χ1) is 11.0. The predicted octanol–water partition coefficient (Wildman–Crippen LogP) is 2.35. The Balaban J connectivity index is 1.85. The summed E-state index contributed by atoms with van der Waals surface area (Å²) in [5.74, 6) is 0.387. The average molecular weight is 336 g/mol. The van der Waals surface area contributed by atoms with Gasteiger partial charge >= 0.3 is 0 Å². The Hall–Kier alpha value is -2.34. The van der Waals surface area contributed by atoms with E-state index in [0.717, 1.165) is 5.56 Å². The minimum atomic E-state index is -0.272. The molecule has 0 aliphatic rings. The lowest BCUT2D eigenvalue weighted by Gasteiger charge is -2.17. The highest BCUT2D eigenvalue weighted by atomic mass is 35.5. The Labute approximate surface area is 139 Å². The van der Waals surface area contributed by atoms with Gasteiger partial charge in [-0.25, -0.2) is 0 Å². The molecular formula is C16H18ClN3O3. The van der Waals surface area contributed by atoms with E-state index >= 15 is 0 Å². The number of anilines is 1. The van der Waals surface area contributed by atoms with Crippen LogP contribution in [0, 0.1) is 6.92 Å². The molecule has 2 amide bonds. The Bertz CT molecular complexity index is 682. The van der Waals surface area contributed by atoms with Crippen LogP contribution in [-0.2, 0) is 16.0 Å². The van der Waals surface area contributed by atoms with E-state index in [9.17, 15) is 9.59 Å². The van der Waals surface area contributed by atoms with Crippen molar-refractivity contribution >= 4 is 29.2 Å². The maximum Gasteiger partial charge on any atom is 0.240 e. The zero-order chi connectivity index (χ0) is 16.8. The van der Waals surface area contributed by atoms with Crippen molar-refractivity contribution in [1.29, 1.82) is 0 Å². The number of aromatic nitrogens is 1. The first kappa shape index (κ1) is 17.0. The molecule has 0 unspecified atom stereocenters. The standard InChI is InChI=1S/C16H18ClN3O3/c1-11-9-15(19-23-11)20(12(2)21)10-16(22)18-8-7-13-3-5-14(17)6-4-13/h3-6,9H,7-8,10H2,1-2H3,(H,18,22). The largest absolute Gasteiger partial charge is 0.360 e. The molecule has 1 aromatic carbocycles. The molecule has 1 aromatic heterocycles. The number of amides is 2. The molecule has 122 valence electrons. The molecule has 23 heavy (non-hydrogen) atoms. The van der Waals surface area contributed by atoms with E-state index in [1.807, 2.05) is 24.3 Å². The fourth-order valence-electron chi connectivity index (χ4n) is 2.03. The topological polar surface area (TPSA) is 75.4 Å². The molecule has 0 fully saturated rings. The van der Waals surface area contributed by atoms with Crippen molar-refractivity contribution in [2.45, 2.75) is 20.3 Å². The van der Waals surface area contributed by atoms with Gasteiger partial charge in [-0.15, -0.1) is 0 Å². The third-order valence-corrected chi connectivity index (χ3v) is 3.47. The van der Waals surface area contributed by atoms with Crippen molar-refractivity contribution in [2.24, 2.45) is 0 Å². The number of benzene rings is 1. The van der Waals surface area contributed by atoms with E-state index in [1.165, 1.54) is 11.8 Å². The monoisotopic (exact) mass is 335 g/mol. The number of hydrogen-bond donors (Lipinski definition) is 1. The Morgan fingerprint density at radius 2 is 2.00 bits per heavy atom. The zero-order valence-corrected chi connectivity index (χ0v) is 13.8. The van der Waals surface area contributed by atoms with Crippen molar-refractivity contribution in [3.8, 4) is 0 Å². The number of carbonyl (C=O) groups excluding carboxylic acids is 2. The summed E-state index contributed by atoms with van der Waals surface area (Å²) in [4.78, 5) is 24.9. The molecule has 2 aromatic rings. The van der Waals surface area contributed by atoms with Crippen molar-refractivity contribution < 1.29 is 14.1 Å². The summed E-state index contributed by atoms with van der Waals surface area (Å²) in [6, 6.07) is 9.05. The van der Waals surface area contributed by atoms with Gasteiger partial charge in [-0.05, 0) is 31.0 Å². The first-order valence-corrected chi connectivity index (χ1v) is 7.56. The molecule has 0 bridgehead atoms. The van der Waals surface area contributed by atoms with Crippen LogP contribution in [0.3, 0.4) is 0 Å². The highest BCUT2D eigenvalue weighted by molar-refractivity contribution is 6.30. The summed E-state index contributed by atoms with van der Waals surface area (Å²) in [6.07, 6.45) is 0.687. The maximum atomic E-state index is 12.0. The quantitative estimate of drug-likeness (QED) is 0.879. The van der Waals surface area contributed by atoms with Gasteiger partial charge in [0.15, 0.2) is 5.82 Å². The Kier molecular flexibility index (Phi) is 5.76. The van der Waals surface area contributed by atoms with Crippen LogP contribution < -0.4 is 10.2 Å². The molecule has 0 saturated carbocycles. The first-order valence-electron chi connectivity index (χ1n) is 7.18. The average Bonchev–Trinajstić information content (AvgIpc) is 2.93. The van der Waals surface area contributed by atoms with Crippen molar-refractivity contribution in [2.75, 3.05) is 18.0 Å². The number of hydrogen-bond acceptors (Lipinski definition) is 4. The van der Waals surface area contributed by atoms with E-state index in [0.29, 0.717) is 29.6 Å². The molecule has 7 heteroatoms. The molecule has 0 aliphatic carbocycles. The van der Waals surface area contributed by atoms with E-state index < -0.39 is 0 Å². The summed E-state index contributed by atoms with van der Waals surface area (Å²) in [7, 11) is 0. The predicted molar refractivity (Wildman–Crippen MR) is 87.4 cm³/mol. The molecule has 0 aliphatic heterocycles. The highest BCUT2D eigenvalue weighted by Gasteiger charge is 2.18. The van der Waals surface area contributed by atoms with E-state index in [1.54, 1.807) is 13.0 Å². The summed E-state index contributed by atoms with van der Waals surface area (Å²) in [6.45, 7) is 3.48. The minimum Gasteiger partial charge on any atom is -0.360 e. The van der Waals surface area contributed by atoms with Crippen LogP contribution in [0.4, 0.5) is 5.82 Å². The minimum absolute atomic E-state index is 0.0953. The SMILES string of the molecule is CC(=O)N(CC(=O)NCCc1ccc(Cl)cc1)c1cc(C)on1. The number of halogens is 1. The number of nitrogens with one attached hydrogen (secondary N) is 1. The van der Waals surface area contributed by atoms with Gasteiger partial charge in [0, 0.05) is 24.6 Å². The van der Waals surface area contributed by atoms with Gasteiger partial charge in [-0.2, -0.15) is 0 Å². The molecule has 1 heterocycles. The van der Waals surface area contributed by atoms with Crippen LogP contribution >= 0.6 is 11.6 Å². The third kappa shape index (κ3) is 5.10. The van der Waals surface area contributed by atoms with Crippen LogP contribution in [0.2, 0.25) is 5.02 Å². The van der Waals surface area contributed by atoms with Crippen molar-refractivity contribution in [3.05, 3.63) is 46.7 Å². The number of rotatable bonds is 6. The van der Waals surface area contributed by atoms with Gasteiger partial charge in [0.25, 0.3) is 0 Å². The van der Waals surface area contributed by atoms with Gasteiger partial charge in [0.1, 0.15) is 12.3 Å².